The van der Waals surface area contributed by atoms with Gasteiger partial charge in [0, 0.05) is 5.41 Å². The molecule has 13 heavy (non-hydrogen) atoms. The molecule has 78 valence electrons. The molecule has 1 unspecified atom stereocenters. The highest BCUT2D eigenvalue weighted by Gasteiger charge is 2.21. The zero-order chi connectivity index (χ0) is 10.5. The number of rotatable bonds is 5. The Morgan fingerprint density at radius 2 is 1.62 bits per heavy atom. The van der Waals surface area contributed by atoms with Crippen molar-refractivity contribution < 1.29 is 4.79 Å². The third kappa shape index (κ3) is 5.84. The van der Waals surface area contributed by atoms with Gasteiger partial charge >= 0.3 is 0 Å². The van der Waals surface area contributed by atoms with Crippen LogP contribution in [0.5, 0.6) is 0 Å². The summed E-state index contributed by atoms with van der Waals surface area (Å²) in [5, 5.41) is 0. The lowest BCUT2D eigenvalue weighted by atomic mass is 9.80. The smallest absolute Gasteiger partial charge is 0.125 e. The van der Waals surface area contributed by atoms with Crippen LogP contribution in [0.1, 0.15) is 60.3 Å². The van der Waals surface area contributed by atoms with Crippen molar-refractivity contribution in [3.63, 3.8) is 0 Å². The molecule has 1 nitrogen and oxygen atoms in total. The summed E-state index contributed by atoms with van der Waals surface area (Å²) in [6, 6.07) is 0. The summed E-state index contributed by atoms with van der Waals surface area (Å²) >= 11 is 0. The molecule has 0 bridgehead atoms. The van der Waals surface area contributed by atoms with Gasteiger partial charge in [-0.1, -0.05) is 41.0 Å². The molecular weight excluding hydrogens is 160 g/mol. The van der Waals surface area contributed by atoms with Gasteiger partial charge in [-0.25, -0.2) is 0 Å². The van der Waals surface area contributed by atoms with Crippen LogP contribution in [0.15, 0.2) is 0 Å². The topological polar surface area (TPSA) is 17.1 Å². The molecule has 0 saturated heterocycles. The van der Waals surface area contributed by atoms with Crippen molar-refractivity contribution in [3.05, 3.63) is 0 Å². The Morgan fingerprint density at radius 1 is 1.08 bits per heavy atom. The zero-order valence-electron chi connectivity index (χ0n) is 9.81. The largest absolute Gasteiger partial charge is 0.303 e. The lowest BCUT2D eigenvalue weighted by Crippen LogP contribution is -2.17. The van der Waals surface area contributed by atoms with Gasteiger partial charge in [-0.2, -0.15) is 0 Å². The van der Waals surface area contributed by atoms with Crippen LogP contribution in [0.4, 0.5) is 0 Å². The molecule has 0 aromatic heterocycles. The van der Waals surface area contributed by atoms with Crippen molar-refractivity contribution in [2.75, 3.05) is 0 Å². The van der Waals surface area contributed by atoms with E-state index >= 15 is 0 Å². The summed E-state index contributed by atoms with van der Waals surface area (Å²) in [5.74, 6) is 0. The van der Waals surface area contributed by atoms with Crippen molar-refractivity contribution in [1.82, 2.24) is 0 Å². The molecule has 0 aliphatic carbocycles. The third-order valence-electron chi connectivity index (χ3n) is 2.77. The van der Waals surface area contributed by atoms with Crippen LogP contribution in [0, 0.1) is 10.8 Å². The summed E-state index contributed by atoms with van der Waals surface area (Å²) < 4.78 is 0. The maximum Gasteiger partial charge on any atom is 0.125 e. The fourth-order valence-corrected chi connectivity index (χ4v) is 1.34. The Labute approximate surface area is 82.9 Å². The molecule has 0 fully saturated rings. The SMILES string of the molecule is CCC(C)(C=O)CCCC(C)(C)C. The summed E-state index contributed by atoms with van der Waals surface area (Å²) in [7, 11) is 0. The number of aldehydes is 1. The second-order valence-corrected chi connectivity index (χ2v) is 5.54. The molecule has 1 atom stereocenters. The molecule has 0 amide bonds. The Bertz CT molecular complexity index is 155. The fraction of sp³-hybridized carbons (Fsp3) is 0.917. The van der Waals surface area contributed by atoms with Crippen LogP contribution in [0.2, 0.25) is 0 Å². The Morgan fingerprint density at radius 3 is 1.92 bits per heavy atom. The van der Waals surface area contributed by atoms with Gasteiger partial charge < -0.3 is 4.79 Å². The van der Waals surface area contributed by atoms with Gasteiger partial charge in [0.05, 0.1) is 0 Å². The fourth-order valence-electron chi connectivity index (χ4n) is 1.34. The highest BCUT2D eigenvalue weighted by molar-refractivity contribution is 5.58. The summed E-state index contributed by atoms with van der Waals surface area (Å²) in [6.07, 6.45) is 5.48. The average Bonchev–Trinajstić information content (AvgIpc) is 2.02. The third-order valence-corrected chi connectivity index (χ3v) is 2.77. The van der Waals surface area contributed by atoms with E-state index in [4.69, 9.17) is 0 Å². The second-order valence-electron chi connectivity index (χ2n) is 5.54. The molecule has 0 heterocycles. The average molecular weight is 184 g/mol. The van der Waals surface area contributed by atoms with Gasteiger partial charge in [-0.3, -0.25) is 0 Å². The van der Waals surface area contributed by atoms with E-state index in [-0.39, 0.29) is 5.41 Å². The maximum atomic E-state index is 10.8. The van der Waals surface area contributed by atoms with E-state index in [2.05, 4.69) is 34.6 Å². The van der Waals surface area contributed by atoms with E-state index in [0.717, 1.165) is 25.5 Å². The Kier molecular flexibility index (Phi) is 4.66. The van der Waals surface area contributed by atoms with Crippen molar-refractivity contribution in [3.8, 4) is 0 Å². The first-order chi connectivity index (χ1) is 5.83. The van der Waals surface area contributed by atoms with Gasteiger partial charge in [0.1, 0.15) is 6.29 Å². The maximum absolute atomic E-state index is 10.8. The van der Waals surface area contributed by atoms with Crippen molar-refractivity contribution in [2.45, 2.75) is 60.3 Å². The normalized spacial score (nSPS) is 16.7. The molecule has 0 aliphatic heterocycles. The first-order valence-corrected chi connectivity index (χ1v) is 5.29. The highest BCUT2D eigenvalue weighted by atomic mass is 16.1. The zero-order valence-corrected chi connectivity index (χ0v) is 9.81. The lowest BCUT2D eigenvalue weighted by molar-refractivity contribution is -0.116. The van der Waals surface area contributed by atoms with Crippen LogP contribution >= 0.6 is 0 Å². The second kappa shape index (κ2) is 4.78. The van der Waals surface area contributed by atoms with Gasteiger partial charge in [-0.05, 0) is 24.7 Å². The van der Waals surface area contributed by atoms with E-state index in [0.29, 0.717) is 5.41 Å². The Balaban J connectivity index is 3.81. The van der Waals surface area contributed by atoms with E-state index < -0.39 is 0 Å². The first-order valence-electron chi connectivity index (χ1n) is 5.29. The minimum Gasteiger partial charge on any atom is -0.303 e. The molecule has 0 aromatic rings. The predicted octanol–water partition coefficient (Wildman–Crippen LogP) is 3.82. The van der Waals surface area contributed by atoms with Crippen LogP contribution in [-0.2, 0) is 4.79 Å². The van der Waals surface area contributed by atoms with E-state index in [9.17, 15) is 4.79 Å². The molecule has 0 radical (unpaired) electrons. The number of hydrogen-bond acceptors (Lipinski definition) is 1. The van der Waals surface area contributed by atoms with Gasteiger partial charge in [0.15, 0.2) is 0 Å². The van der Waals surface area contributed by atoms with Crippen molar-refractivity contribution >= 4 is 6.29 Å². The Hall–Kier alpha value is -0.330. The van der Waals surface area contributed by atoms with E-state index in [1.54, 1.807) is 0 Å². The van der Waals surface area contributed by atoms with Crippen molar-refractivity contribution in [1.29, 1.82) is 0 Å². The standard InChI is InChI=1S/C12H24O/c1-6-12(5,10-13)9-7-8-11(2,3)4/h10H,6-9H2,1-5H3. The number of carbonyl (C=O) groups excluding carboxylic acids is 1. The molecule has 0 aliphatic rings. The van der Waals surface area contributed by atoms with Gasteiger partial charge in [-0.15, -0.1) is 0 Å². The van der Waals surface area contributed by atoms with E-state index in [1.165, 1.54) is 6.42 Å². The molecule has 0 rings (SSSR count). The van der Waals surface area contributed by atoms with Crippen LogP contribution < -0.4 is 0 Å². The van der Waals surface area contributed by atoms with E-state index in [1.807, 2.05) is 0 Å². The molecule has 0 saturated carbocycles. The first kappa shape index (κ1) is 12.7. The minimum absolute atomic E-state index is 0.0781. The molecule has 0 aromatic carbocycles. The van der Waals surface area contributed by atoms with Crippen molar-refractivity contribution in [2.24, 2.45) is 10.8 Å². The predicted molar refractivity (Wildman–Crippen MR) is 57.8 cm³/mol. The molecule has 0 spiro atoms. The van der Waals surface area contributed by atoms with Gasteiger partial charge in [0.25, 0.3) is 0 Å². The number of carbonyl (C=O) groups is 1. The molecular formula is C12H24O. The van der Waals surface area contributed by atoms with Crippen LogP contribution in [0.3, 0.4) is 0 Å². The summed E-state index contributed by atoms with van der Waals surface area (Å²) in [4.78, 5) is 10.8. The molecule has 1 heteroatoms. The minimum atomic E-state index is -0.0781. The van der Waals surface area contributed by atoms with Crippen LogP contribution in [-0.4, -0.2) is 6.29 Å². The highest BCUT2D eigenvalue weighted by Crippen LogP contribution is 2.29. The van der Waals surface area contributed by atoms with Gasteiger partial charge in [0.2, 0.25) is 0 Å². The quantitative estimate of drug-likeness (QED) is 0.594. The number of hydrogen-bond donors (Lipinski definition) is 0. The molecule has 0 N–H and O–H groups in total. The van der Waals surface area contributed by atoms with Crippen LogP contribution in [0.25, 0.3) is 0 Å². The lowest BCUT2D eigenvalue weighted by Gasteiger charge is -2.24. The summed E-state index contributed by atoms with van der Waals surface area (Å²) in [5.41, 5.74) is 0.322. The monoisotopic (exact) mass is 184 g/mol. The summed E-state index contributed by atoms with van der Waals surface area (Å²) in [6.45, 7) is 10.9.